The molecule has 2 aromatic heterocycles. The van der Waals surface area contributed by atoms with Crippen molar-refractivity contribution in [3.05, 3.63) is 36.3 Å². The third kappa shape index (κ3) is 3.91. The van der Waals surface area contributed by atoms with Gasteiger partial charge in [0.2, 0.25) is 0 Å². The lowest BCUT2D eigenvalue weighted by atomic mass is 10.3. The van der Waals surface area contributed by atoms with Crippen LogP contribution in [0.4, 0.5) is 5.82 Å². The molecule has 27 heavy (non-hydrogen) atoms. The SMILES string of the molecule is CCCn1cc(C(=O)N2CC[C@@H](Oc3cccnc3N3CCCC3)C2)cn1. The largest absolute Gasteiger partial charge is 0.485 e. The molecule has 4 rings (SSSR count). The van der Waals surface area contributed by atoms with Gasteiger partial charge in [-0.2, -0.15) is 5.10 Å². The molecule has 0 aliphatic carbocycles. The monoisotopic (exact) mass is 369 g/mol. The van der Waals surface area contributed by atoms with E-state index in [-0.39, 0.29) is 12.0 Å². The third-order valence-corrected chi connectivity index (χ3v) is 5.22. The van der Waals surface area contributed by atoms with Crippen molar-refractivity contribution < 1.29 is 9.53 Å². The summed E-state index contributed by atoms with van der Waals surface area (Å²) in [6, 6.07) is 3.90. The minimum absolute atomic E-state index is 0.00481. The molecule has 2 aliphatic heterocycles. The van der Waals surface area contributed by atoms with Crippen LogP contribution >= 0.6 is 0 Å². The minimum atomic E-state index is 0.00481. The van der Waals surface area contributed by atoms with Gasteiger partial charge in [0.25, 0.3) is 5.91 Å². The fraction of sp³-hybridized carbons (Fsp3) is 0.550. The topological polar surface area (TPSA) is 63.5 Å². The molecule has 0 aromatic carbocycles. The molecule has 2 aliphatic rings. The summed E-state index contributed by atoms with van der Waals surface area (Å²) in [5.41, 5.74) is 0.656. The van der Waals surface area contributed by atoms with Gasteiger partial charge in [-0.05, 0) is 31.4 Å². The molecule has 0 unspecified atom stereocenters. The first-order valence-electron chi connectivity index (χ1n) is 9.93. The van der Waals surface area contributed by atoms with E-state index in [1.165, 1.54) is 12.8 Å². The molecule has 4 heterocycles. The van der Waals surface area contributed by atoms with E-state index < -0.39 is 0 Å². The van der Waals surface area contributed by atoms with Gasteiger partial charge in [0.1, 0.15) is 6.10 Å². The van der Waals surface area contributed by atoms with Crippen molar-refractivity contribution in [2.75, 3.05) is 31.1 Å². The summed E-state index contributed by atoms with van der Waals surface area (Å²) in [7, 11) is 0. The van der Waals surface area contributed by atoms with Crippen molar-refractivity contribution in [3.63, 3.8) is 0 Å². The predicted octanol–water partition coefficient (Wildman–Crippen LogP) is 2.58. The lowest BCUT2D eigenvalue weighted by molar-refractivity contribution is 0.0772. The lowest BCUT2D eigenvalue weighted by Crippen LogP contribution is -2.31. The van der Waals surface area contributed by atoms with Gasteiger partial charge in [0, 0.05) is 45.0 Å². The van der Waals surface area contributed by atoms with Gasteiger partial charge >= 0.3 is 0 Å². The molecule has 1 atom stereocenters. The quantitative estimate of drug-likeness (QED) is 0.783. The highest BCUT2D eigenvalue weighted by atomic mass is 16.5. The number of hydrogen-bond acceptors (Lipinski definition) is 5. The van der Waals surface area contributed by atoms with Gasteiger partial charge in [0.15, 0.2) is 11.6 Å². The van der Waals surface area contributed by atoms with Crippen LogP contribution in [-0.4, -0.2) is 57.9 Å². The Balaban J connectivity index is 1.39. The molecule has 7 heteroatoms. The zero-order chi connectivity index (χ0) is 18.6. The second-order valence-corrected chi connectivity index (χ2v) is 7.29. The van der Waals surface area contributed by atoms with Crippen LogP contribution in [0.1, 0.15) is 43.0 Å². The Morgan fingerprint density at radius 3 is 2.96 bits per heavy atom. The maximum absolute atomic E-state index is 12.7. The van der Waals surface area contributed by atoms with Crippen LogP contribution in [0.3, 0.4) is 0 Å². The first-order valence-corrected chi connectivity index (χ1v) is 9.93. The van der Waals surface area contributed by atoms with Crippen molar-refractivity contribution >= 4 is 11.7 Å². The van der Waals surface area contributed by atoms with Gasteiger partial charge in [-0.3, -0.25) is 9.48 Å². The molecule has 144 valence electrons. The maximum atomic E-state index is 12.7. The Morgan fingerprint density at radius 1 is 1.30 bits per heavy atom. The Morgan fingerprint density at radius 2 is 2.15 bits per heavy atom. The summed E-state index contributed by atoms with van der Waals surface area (Å²) < 4.78 is 8.09. The molecular weight excluding hydrogens is 342 g/mol. The second-order valence-electron chi connectivity index (χ2n) is 7.29. The summed E-state index contributed by atoms with van der Waals surface area (Å²) >= 11 is 0. The fourth-order valence-corrected chi connectivity index (χ4v) is 3.84. The van der Waals surface area contributed by atoms with E-state index in [1.54, 1.807) is 6.20 Å². The number of pyridine rings is 1. The van der Waals surface area contributed by atoms with Crippen molar-refractivity contribution in [2.45, 2.75) is 45.3 Å². The maximum Gasteiger partial charge on any atom is 0.257 e. The molecule has 2 aromatic rings. The Hall–Kier alpha value is -2.57. The van der Waals surface area contributed by atoms with Crippen LogP contribution in [-0.2, 0) is 6.54 Å². The van der Waals surface area contributed by atoms with E-state index in [2.05, 4.69) is 21.9 Å². The van der Waals surface area contributed by atoms with Crippen LogP contribution < -0.4 is 9.64 Å². The first kappa shape index (κ1) is 17.8. The van der Waals surface area contributed by atoms with Crippen LogP contribution in [0.2, 0.25) is 0 Å². The van der Waals surface area contributed by atoms with Gasteiger partial charge in [0.05, 0.1) is 18.3 Å². The molecular formula is C20H27N5O2. The highest BCUT2D eigenvalue weighted by Gasteiger charge is 2.30. The molecule has 7 nitrogen and oxygen atoms in total. The number of nitrogens with zero attached hydrogens (tertiary/aromatic N) is 5. The molecule has 2 fully saturated rings. The third-order valence-electron chi connectivity index (χ3n) is 5.22. The number of carbonyl (C=O) groups excluding carboxylic acids is 1. The van der Waals surface area contributed by atoms with Crippen LogP contribution in [0.15, 0.2) is 30.7 Å². The number of likely N-dealkylation sites (tertiary alicyclic amines) is 1. The van der Waals surface area contributed by atoms with Crippen LogP contribution in [0.5, 0.6) is 5.75 Å². The minimum Gasteiger partial charge on any atom is -0.485 e. The summed E-state index contributed by atoms with van der Waals surface area (Å²) in [5, 5.41) is 4.27. The lowest BCUT2D eigenvalue weighted by Gasteiger charge is -2.22. The number of hydrogen-bond donors (Lipinski definition) is 0. The number of amides is 1. The van der Waals surface area contributed by atoms with E-state index in [1.807, 2.05) is 34.1 Å². The van der Waals surface area contributed by atoms with E-state index in [4.69, 9.17) is 4.74 Å². The Labute approximate surface area is 159 Å². The molecule has 2 saturated heterocycles. The average molecular weight is 369 g/mol. The van der Waals surface area contributed by atoms with Gasteiger partial charge in [-0.15, -0.1) is 0 Å². The molecule has 0 N–H and O–H groups in total. The predicted molar refractivity (Wildman–Crippen MR) is 103 cm³/mol. The standard InChI is InChI=1S/C20H27N5O2/c1-2-9-25-14-16(13-22-25)20(26)24-12-7-17(15-24)27-18-6-5-8-21-19(18)23-10-3-4-11-23/h5-6,8,13-14,17H,2-4,7,9-12,15H2,1H3/t17-/m1/s1. The van der Waals surface area contributed by atoms with Gasteiger partial charge < -0.3 is 14.5 Å². The van der Waals surface area contributed by atoms with E-state index in [0.29, 0.717) is 18.7 Å². The fourth-order valence-electron chi connectivity index (χ4n) is 3.84. The highest BCUT2D eigenvalue weighted by molar-refractivity contribution is 5.93. The van der Waals surface area contributed by atoms with Crippen molar-refractivity contribution in [2.24, 2.45) is 0 Å². The Kier molecular flexibility index (Phi) is 5.27. The number of ether oxygens (including phenoxy) is 1. The molecule has 0 spiro atoms. The molecule has 0 radical (unpaired) electrons. The zero-order valence-electron chi connectivity index (χ0n) is 15.9. The van der Waals surface area contributed by atoms with Crippen molar-refractivity contribution in [1.82, 2.24) is 19.7 Å². The second kappa shape index (κ2) is 7.98. The van der Waals surface area contributed by atoms with Crippen molar-refractivity contribution in [1.29, 1.82) is 0 Å². The van der Waals surface area contributed by atoms with Gasteiger partial charge in [-0.1, -0.05) is 6.92 Å². The van der Waals surface area contributed by atoms with Crippen LogP contribution in [0, 0.1) is 0 Å². The molecule has 0 saturated carbocycles. The Bertz CT molecular complexity index is 784. The molecule has 1 amide bonds. The molecule has 0 bridgehead atoms. The first-order chi connectivity index (χ1) is 13.2. The van der Waals surface area contributed by atoms with Gasteiger partial charge in [-0.25, -0.2) is 4.98 Å². The number of aryl methyl sites for hydroxylation is 1. The summed E-state index contributed by atoms with van der Waals surface area (Å²) in [6.07, 6.45) is 9.57. The van der Waals surface area contributed by atoms with Crippen molar-refractivity contribution in [3.8, 4) is 5.75 Å². The summed E-state index contributed by atoms with van der Waals surface area (Å²) in [4.78, 5) is 21.4. The smallest absolute Gasteiger partial charge is 0.257 e. The summed E-state index contributed by atoms with van der Waals surface area (Å²) in [5.74, 6) is 1.80. The van der Waals surface area contributed by atoms with Crippen LogP contribution in [0.25, 0.3) is 0 Å². The van der Waals surface area contributed by atoms with E-state index in [0.717, 1.165) is 44.0 Å². The average Bonchev–Trinajstić information content (AvgIpc) is 3.44. The number of carbonyl (C=O) groups is 1. The number of rotatable bonds is 6. The highest BCUT2D eigenvalue weighted by Crippen LogP contribution is 2.30. The zero-order valence-corrected chi connectivity index (χ0v) is 15.9. The van der Waals surface area contributed by atoms with E-state index >= 15 is 0 Å². The van der Waals surface area contributed by atoms with E-state index in [9.17, 15) is 4.79 Å². The summed E-state index contributed by atoms with van der Waals surface area (Å²) in [6.45, 7) is 6.31. The number of aromatic nitrogens is 3. The number of anilines is 1. The normalized spacial score (nSPS) is 19.7.